The number of rotatable bonds is 3. The van der Waals surface area contributed by atoms with Gasteiger partial charge in [-0.2, -0.15) is 0 Å². The number of pyridine rings is 2. The van der Waals surface area contributed by atoms with Crippen molar-refractivity contribution in [1.29, 1.82) is 0 Å². The summed E-state index contributed by atoms with van der Waals surface area (Å²) in [6.45, 7) is 2.79. The minimum absolute atomic E-state index is 0.0628. The largest absolute Gasteiger partial charge is 0.507 e. The van der Waals surface area contributed by atoms with Crippen LogP contribution in [0.25, 0.3) is 22.2 Å². The van der Waals surface area contributed by atoms with Crippen molar-refractivity contribution in [2.45, 2.75) is 25.4 Å². The second-order valence-electron chi connectivity index (χ2n) is 9.04. The van der Waals surface area contributed by atoms with Gasteiger partial charge < -0.3 is 14.1 Å². The van der Waals surface area contributed by atoms with E-state index in [-0.39, 0.29) is 17.2 Å². The molecule has 1 N–H and O–H groups in total. The van der Waals surface area contributed by atoms with E-state index in [0.717, 1.165) is 30.6 Å². The van der Waals surface area contributed by atoms with Crippen molar-refractivity contribution >= 4 is 11.0 Å². The number of hydrogen-bond acceptors (Lipinski definition) is 6. The van der Waals surface area contributed by atoms with E-state index in [1.807, 2.05) is 22.8 Å². The van der Waals surface area contributed by atoms with E-state index in [1.54, 1.807) is 42.6 Å². The van der Waals surface area contributed by atoms with Crippen LogP contribution >= 0.6 is 0 Å². The van der Waals surface area contributed by atoms with Crippen LogP contribution in [0.5, 0.6) is 5.75 Å². The van der Waals surface area contributed by atoms with Crippen LogP contribution in [0, 0.1) is 5.92 Å². The number of fused-ring (bicyclic) bond motifs is 5. The lowest BCUT2D eigenvalue weighted by Crippen LogP contribution is -2.46. The fourth-order valence-electron chi connectivity index (χ4n) is 5.43. The number of benzene rings is 1. The zero-order chi connectivity index (χ0) is 22.5. The number of aromatic nitrogens is 2. The van der Waals surface area contributed by atoms with Crippen molar-refractivity contribution in [2.75, 3.05) is 13.1 Å². The molecule has 2 aliphatic heterocycles. The summed E-state index contributed by atoms with van der Waals surface area (Å²) in [5.41, 5.74) is 2.64. The molecule has 7 heteroatoms. The Kier molecular flexibility index (Phi) is 4.66. The van der Waals surface area contributed by atoms with Crippen LogP contribution in [-0.2, 0) is 13.1 Å². The Morgan fingerprint density at radius 2 is 1.94 bits per heavy atom. The smallest absolute Gasteiger partial charge is 0.345 e. The van der Waals surface area contributed by atoms with Crippen molar-refractivity contribution in [3.63, 3.8) is 0 Å². The van der Waals surface area contributed by atoms with Gasteiger partial charge in [-0.25, -0.2) is 4.79 Å². The third-order valence-electron chi connectivity index (χ3n) is 6.86. The van der Waals surface area contributed by atoms with Gasteiger partial charge in [0.1, 0.15) is 11.3 Å². The first kappa shape index (κ1) is 19.9. The van der Waals surface area contributed by atoms with Crippen LogP contribution in [0.2, 0.25) is 0 Å². The van der Waals surface area contributed by atoms with Gasteiger partial charge in [0.15, 0.2) is 0 Å². The zero-order valence-corrected chi connectivity index (χ0v) is 18.0. The molecule has 1 aromatic carbocycles. The minimum atomic E-state index is -0.475. The molecule has 3 aromatic heterocycles. The molecule has 0 saturated carbocycles. The van der Waals surface area contributed by atoms with Crippen molar-refractivity contribution in [2.24, 2.45) is 5.92 Å². The van der Waals surface area contributed by atoms with Crippen LogP contribution in [0.1, 0.15) is 23.6 Å². The molecular weight excluding hydrogens is 418 g/mol. The van der Waals surface area contributed by atoms with Crippen LogP contribution < -0.4 is 11.2 Å². The van der Waals surface area contributed by atoms with Gasteiger partial charge in [-0.3, -0.25) is 14.7 Å². The number of hydrogen-bond donors (Lipinski definition) is 1. The number of phenolic OH excluding ortho intramolecular Hbond substituents is 1. The average Bonchev–Trinajstić information content (AvgIpc) is 2.82. The maximum absolute atomic E-state index is 12.8. The molecule has 2 aliphatic rings. The van der Waals surface area contributed by atoms with Crippen molar-refractivity contribution < 1.29 is 9.52 Å². The number of aromatic hydroxyl groups is 1. The number of phenols is 1. The third kappa shape index (κ3) is 3.45. The molecule has 2 atom stereocenters. The van der Waals surface area contributed by atoms with E-state index in [9.17, 15) is 14.7 Å². The summed E-state index contributed by atoms with van der Waals surface area (Å²) in [4.78, 5) is 31.6. The van der Waals surface area contributed by atoms with E-state index >= 15 is 0 Å². The molecule has 0 aliphatic carbocycles. The molecule has 1 saturated heterocycles. The summed E-state index contributed by atoms with van der Waals surface area (Å²) in [7, 11) is 0. The summed E-state index contributed by atoms with van der Waals surface area (Å²) in [6.07, 6.45) is 2.70. The van der Waals surface area contributed by atoms with Crippen LogP contribution in [0.4, 0.5) is 0 Å². The van der Waals surface area contributed by atoms with Crippen molar-refractivity contribution in [3.05, 3.63) is 92.8 Å². The first-order valence-corrected chi connectivity index (χ1v) is 11.2. The van der Waals surface area contributed by atoms with Crippen LogP contribution in [0.3, 0.4) is 0 Å². The number of likely N-dealkylation sites (tertiary alicyclic amines) is 1. The minimum Gasteiger partial charge on any atom is -0.507 e. The van der Waals surface area contributed by atoms with E-state index in [2.05, 4.69) is 9.88 Å². The van der Waals surface area contributed by atoms with Gasteiger partial charge in [0, 0.05) is 55.4 Å². The molecule has 0 amide bonds. The molecular formula is C26H23N3O4. The standard InChI is InChI=1S/C26H23N3O4/c30-23-8-7-17-11-19(21-4-1-2-9-27-21)26(32)33-25(17)20(23)15-28-12-16-10-18(14-28)22-5-3-6-24(31)29(22)13-16/h1-9,11,16,18,30H,10,12-15H2/t16-,18+/m1/s1. The Balaban J connectivity index is 1.36. The number of nitrogens with zero attached hydrogens (tertiary/aromatic N) is 3. The first-order valence-electron chi connectivity index (χ1n) is 11.2. The zero-order valence-electron chi connectivity index (χ0n) is 18.0. The molecule has 1 fully saturated rings. The highest BCUT2D eigenvalue weighted by molar-refractivity contribution is 5.85. The van der Waals surface area contributed by atoms with Gasteiger partial charge in [0.25, 0.3) is 5.56 Å². The van der Waals surface area contributed by atoms with Crippen LogP contribution in [-0.4, -0.2) is 32.6 Å². The molecule has 0 radical (unpaired) electrons. The topological polar surface area (TPSA) is 88.6 Å². The molecule has 0 unspecified atom stereocenters. The summed E-state index contributed by atoms with van der Waals surface area (Å²) < 4.78 is 7.65. The molecule has 0 spiro atoms. The van der Waals surface area contributed by atoms with Gasteiger partial charge >= 0.3 is 5.63 Å². The van der Waals surface area contributed by atoms with Crippen molar-refractivity contribution in [1.82, 2.24) is 14.5 Å². The highest BCUT2D eigenvalue weighted by Gasteiger charge is 2.35. The summed E-state index contributed by atoms with van der Waals surface area (Å²) in [5, 5.41) is 11.4. The maximum Gasteiger partial charge on any atom is 0.345 e. The van der Waals surface area contributed by atoms with E-state index < -0.39 is 5.63 Å². The van der Waals surface area contributed by atoms with Gasteiger partial charge in [0.05, 0.1) is 16.8 Å². The highest BCUT2D eigenvalue weighted by Crippen LogP contribution is 2.37. The predicted octanol–water partition coefficient (Wildman–Crippen LogP) is 3.34. The summed E-state index contributed by atoms with van der Waals surface area (Å²) >= 11 is 0. The lowest BCUT2D eigenvalue weighted by molar-refractivity contribution is 0.113. The van der Waals surface area contributed by atoms with Gasteiger partial charge in [-0.1, -0.05) is 12.1 Å². The second-order valence-corrected chi connectivity index (χ2v) is 9.04. The Morgan fingerprint density at radius 1 is 1.03 bits per heavy atom. The Hall–Kier alpha value is -3.71. The Bertz CT molecular complexity index is 1470. The monoisotopic (exact) mass is 441 g/mol. The van der Waals surface area contributed by atoms with E-state index in [0.29, 0.717) is 41.4 Å². The average molecular weight is 441 g/mol. The summed E-state index contributed by atoms with van der Waals surface area (Å²) in [6, 6.07) is 16.1. The maximum atomic E-state index is 12.8. The van der Waals surface area contributed by atoms with E-state index in [4.69, 9.17) is 4.42 Å². The predicted molar refractivity (Wildman–Crippen MR) is 124 cm³/mol. The third-order valence-corrected chi connectivity index (χ3v) is 6.86. The molecule has 166 valence electrons. The molecule has 33 heavy (non-hydrogen) atoms. The molecule has 4 aromatic rings. The Labute approximate surface area is 189 Å². The fraction of sp³-hybridized carbons (Fsp3) is 0.269. The quantitative estimate of drug-likeness (QED) is 0.491. The van der Waals surface area contributed by atoms with Gasteiger partial charge in [-0.05, 0) is 48.7 Å². The Morgan fingerprint density at radius 3 is 2.79 bits per heavy atom. The fourth-order valence-corrected chi connectivity index (χ4v) is 5.43. The van der Waals surface area contributed by atoms with Crippen molar-refractivity contribution in [3.8, 4) is 17.0 Å². The highest BCUT2D eigenvalue weighted by atomic mass is 16.4. The second kappa shape index (κ2) is 7.71. The molecule has 5 heterocycles. The lowest BCUT2D eigenvalue weighted by atomic mass is 9.83. The first-order chi connectivity index (χ1) is 16.1. The van der Waals surface area contributed by atoms with Gasteiger partial charge in [0.2, 0.25) is 0 Å². The normalized spacial score (nSPS) is 20.0. The molecule has 6 rings (SSSR count). The lowest BCUT2D eigenvalue weighted by Gasteiger charge is -2.42. The van der Waals surface area contributed by atoms with Gasteiger partial charge in [-0.15, -0.1) is 0 Å². The SMILES string of the molecule is O=c1oc2c(CN3C[C@H]4C[C@@H](C3)c3cccc(=O)n3C4)c(O)ccc2cc1-c1ccccn1. The summed E-state index contributed by atoms with van der Waals surface area (Å²) in [5.74, 6) is 0.756. The molecule has 2 bridgehead atoms. The van der Waals surface area contributed by atoms with Crippen LogP contribution in [0.15, 0.2) is 74.8 Å². The number of piperidine rings is 1. The molecule has 7 nitrogen and oxygen atoms in total. The van der Waals surface area contributed by atoms with E-state index in [1.165, 1.54) is 0 Å².